The zero-order valence-corrected chi connectivity index (χ0v) is 27.9. The van der Waals surface area contributed by atoms with Crippen molar-refractivity contribution in [2.75, 3.05) is 45.9 Å². The molecule has 8 nitrogen and oxygen atoms in total. The average Bonchev–Trinajstić information content (AvgIpc) is 3.74. The number of piperidine rings is 2. The monoisotopic (exact) mass is 600 g/mol. The quantitative estimate of drug-likeness (QED) is 0.452. The lowest BCUT2D eigenvalue weighted by atomic mass is 9.69. The summed E-state index contributed by atoms with van der Waals surface area (Å²) in [5, 5.41) is 3.41. The first kappa shape index (κ1) is 31.7. The normalized spacial score (nSPS) is 37.6. The smallest absolute Gasteiger partial charge is 0.245 e. The van der Waals surface area contributed by atoms with Crippen LogP contribution in [0, 0.1) is 22.7 Å². The van der Waals surface area contributed by atoms with Crippen molar-refractivity contribution in [1.82, 2.24) is 20.0 Å². The van der Waals surface area contributed by atoms with Crippen molar-refractivity contribution in [2.24, 2.45) is 22.7 Å². The van der Waals surface area contributed by atoms with Crippen LogP contribution in [0.2, 0.25) is 0 Å². The maximum absolute atomic E-state index is 14.2. The van der Waals surface area contributed by atoms with Gasteiger partial charge in [-0.15, -0.1) is 0 Å². The molecular weight excluding hydrogens is 540 g/mol. The molecule has 2 aliphatic carbocycles. The lowest BCUT2D eigenvalue weighted by Gasteiger charge is -2.57. The van der Waals surface area contributed by atoms with Gasteiger partial charge in [-0.1, -0.05) is 40.5 Å². The van der Waals surface area contributed by atoms with E-state index >= 15 is 0 Å². The Morgan fingerprint density at radius 3 is 2.28 bits per heavy atom. The summed E-state index contributed by atoms with van der Waals surface area (Å²) in [6.45, 7) is 16.8. The number of likely N-dealkylation sites (tertiary alicyclic amines) is 2. The zero-order valence-electron chi connectivity index (χ0n) is 27.9. The molecule has 1 N–H and O–H groups in total. The van der Waals surface area contributed by atoms with Crippen LogP contribution in [-0.2, 0) is 19.1 Å². The summed E-state index contributed by atoms with van der Waals surface area (Å²) < 4.78 is 13.6. The molecule has 2 saturated carbocycles. The lowest BCUT2D eigenvalue weighted by molar-refractivity contribution is -0.332. The van der Waals surface area contributed by atoms with Crippen LogP contribution in [0.15, 0.2) is 0 Å². The SMILES string of the molecule is CC(C)C[C@@H]1NCCN([C@@H](CC(C)C)C(=O)N2CCC3(C[C@@H]2C)OCC2(CCCCC2N2CCC4(CC2)CC4)CO3)C1=O. The van der Waals surface area contributed by atoms with E-state index in [-0.39, 0.29) is 29.3 Å². The number of hydrogen-bond donors (Lipinski definition) is 1. The van der Waals surface area contributed by atoms with E-state index in [4.69, 9.17) is 9.47 Å². The number of rotatable bonds is 7. The van der Waals surface area contributed by atoms with Gasteiger partial charge >= 0.3 is 0 Å². The minimum absolute atomic E-state index is 0.00780. The molecular formula is C35H60N4O4. The van der Waals surface area contributed by atoms with Gasteiger partial charge in [0, 0.05) is 50.0 Å². The van der Waals surface area contributed by atoms with E-state index in [1.165, 1.54) is 64.5 Å². The van der Waals surface area contributed by atoms with Gasteiger partial charge in [0.2, 0.25) is 11.8 Å². The highest BCUT2D eigenvalue weighted by atomic mass is 16.7. The standard InChI is InChI=1S/C35H60N4O4/c1-25(2)20-28-31(40)39(19-15-36-28)29(21-26(3)4)32(41)38-18-14-35(22-27(38)5)42-23-34(24-43-35)9-7-6-8-30(34)37-16-12-33(10-11-33)13-17-37/h25-30,36H,6-24H2,1-5H3/t27-,28-,29-,30?,34?,35?/m0/s1. The van der Waals surface area contributed by atoms with E-state index in [2.05, 4.69) is 44.8 Å². The summed E-state index contributed by atoms with van der Waals surface area (Å²) in [5.74, 6) is 0.350. The fourth-order valence-corrected chi connectivity index (χ4v) is 9.30. The van der Waals surface area contributed by atoms with Gasteiger partial charge in [0.25, 0.3) is 0 Å². The number of nitrogens with one attached hydrogen (secondary N) is 1. The molecule has 0 aromatic rings. The minimum atomic E-state index is -0.593. The molecule has 4 atom stereocenters. The van der Waals surface area contributed by atoms with Gasteiger partial charge in [-0.05, 0) is 88.6 Å². The first-order chi connectivity index (χ1) is 20.5. The molecule has 4 heterocycles. The molecule has 4 saturated heterocycles. The van der Waals surface area contributed by atoms with E-state index < -0.39 is 11.8 Å². The van der Waals surface area contributed by atoms with Crippen LogP contribution in [0.25, 0.3) is 0 Å². The highest BCUT2D eigenvalue weighted by Gasteiger charge is 2.55. The summed E-state index contributed by atoms with van der Waals surface area (Å²) in [5.41, 5.74) is 0.803. The van der Waals surface area contributed by atoms with Crippen LogP contribution in [0.5, 0.6) is 0 Å². The van der Waals surface area contributed by atoms with Gasteiger partial charge in [-0.2, -0.15) is 0 Å². The van der Waals surface area contributed by atoms with Gasteiger partial charge in [-0.25, -0.2) is 0 Å². The Bertz CT molecular complexity index is 994. The zero-order chi connectivity index (χ0) is 30.4. The van der Waals surface area contributed by atoms with Gasteiger partial charge in [0.15, 0.2) is 5.79 Å². The van der Waals surface area contributed by atoms with Crippen molar-refractivity contribution in [2.45, 2.75) is 142 Å². The molecule has 0 bridgehead atoms. The van der Waals surface area contributed by atoms with Gasteiger partial charge in [0.05, 0.1) is 19.3 Å². The van der Waals surface area contributed by atoms with Crippen molar-refractivity contribution in [3.63, 3.8) is 0 Å². The third-order valence-corrected chi connectivity index (χ3v) is 12.2. The Morgan fingerprint density at radius 1 is 0.930 bits per heavy atom. The molecule has 43 heavy (non-hydrogen) atoms. The van der Waals surface area contributed by atoms with Crippen LogP contribution in [0.4, 0.5) is 0 Å². The Hall–Kier alpha value is -1.22. The Labute approximate surface area is 260 Å². The molecule has 244 valence electrons. The van der Waals surface area contributed by atoms with E-state index in [1.807, 2.05) is 9.80 Å². The third-order valence-electron chi connectivity index (χ3n) is 12.2. The first-order valence-corrected chi connectivity index (χ1v) is 17.9. The van der Waals surface area contributed by atoms with Crippen LogP contribution >= 0.6 is 0 Å². The van der Waals surface area contributed by atoms with E-state index in [9.17, 15) is 9.59 Å². The average molecular weight is 601 g/mol. The number of hydrogen-bond acceptors (Lipinski definition) is 6. The molecule has 6 fully saturated rings. The van der Waals surface area contributed by atoms with Crippen LogP contribution in [0.1, 0.15) is 112 Å². The molecule has 3 spiro atoms. The summed E-state index contributed by atoms with van der Waals surface area (Å²) in [6, 6.07) is -0.0207. The van der Waals surface area contributed by atoms with E-state index in [1.54, 1.807) is 0 Å². The Kier molecular flexibility index (Phi) is 9.25. The van der Waals surface area contributed by atoms with Crippen molar-refractivity contribution < 1.29 is 19.1 Å². The number of piperazine rings is 1. The topological polar surface area (TPSA) is 74.3 Å². The van der Waals surface area contributed by atoms with Crippen molar-refractivity contribution in [3.05, 3.63) is 0 Å². The fourth-order valence-electron chi connectivity index (χ4n) is 9.30. The van der Waals surface area contributed by atoms with Crippen molar-refractivity contribution in [3.8, 4) is 0 Å². The molecule has 4 aliphatic heterocycles. The fraction of sp³-hybridized carbons (Fsp3) is 0.943. The predicted octanol–water partition coefficient (Wildman–Crippen LogP) is 4.81. The molecule has 0 aromatic heterocycles. The van der Waals surface area contributed by atoms with Gasteiger partial charge in [0.1, 0.15) is 6.04 Å². The third kappa shape index (κ3) is 6.55. The summed E-state index contributed by atoms with van der Waals surface area (Å²) >= 11 is 0. The number of nitrogens with zero attached hydrogens (tertiary/aromatic N) is 3. The van der Waals surface area contributed by atoms with E-state index in [0.717, 1.165) is 26.2 Å². The summed E-state index contributed by atoms with van der Waals surface area (Å²) in [7, 11) is 0. The molecule has 2 amide bonds. The number of carbonyl (C=O) groups excluding carboxylic acids is 2. The highest BCUT2D eigenvalue weighted by Crippen LogP contribution is 2.55. The number of amides is 2. The van der Waals surface area contributed by atoms with E-state index in [0.29, 0.717) is 55.6 Å². The minimum Gasteiger partial charge on any atom is -0.349 e. The lowest BCUT2D eigenvalue weighted by Crippen LogP contribution is -2.65. The highest BCUT2D eigenvalue weighted by molar-refractivity contribution is 5.90. The second-order valence-electron chi connectivity index (χ2n) is 16.3. The molecule has 0 aromatic carbocycles. The number of ether oxygens (including phenoxy) is 2. The van der Waals surface area contributed by atoms with Gasteiger partial charge < -0.3 is 24.6 Å². The molecule has 6 rings (SSSR count). The van der Waals surface area contributed by atoms with Crippen molar-refractivity contribution in [1.29, 1.82) is 0 Å². The summed E-state index contributed by atoms with van der Waals surface area (Å²) in [4.78, 5) is 34.5. The largest absolute Gasteiger partial charge is 0.349 e. The second kappa shape index (κ2) is 12.5. The summed E-state index contributed by atoms with van der Waals surface area (Å²) in [6.07, 6.45) is 13.6. The molecule has 1 unspecified atom stereocenters. The van der Waals surface area contributed by atoms with Crippen LogP contribution in [-0.4, -0.2) is 102 Å². The van der Waals surface area contributed by atoms with Gasteiger partial charge in [-0.3, -0.25) is 14.5 Å². The Balaban J connectivity index is 1.09. The molecule has 0 radical (unpaired) electrons. The molecule has 6 aliphatic rings. The predicted molar refractivity (Wildman–Crippen MR) is 168 cm³/mol. The maximum atomic E-state index is 14.2. The first-order valence-electron chi connectivity index (χ1n) is 17.9. The number of carbonyl (C=O) groups is 2. The second-order valence-corrected chi connectivity index (χ2v) is 16.3. The van der Waals surface area contributed by atoms with Crippen molar-refractivity contribution >= 4 is 11.8 Å². The van der Waals surface area contributed by atoms with Crippen LogP contribution in [0.3, 0.4) is 0 Å². The maximum Gasteiger partial charge on any atom is 0.245 e. The molecule has 8 heteroatoms. The Morgan fingerprint density at radius 2 is 1.65 bits per heavy atom. The van der Waals surface area contributed by atoms with Crippen LogP contribution < -0.4 is 5.32 Å².